The summed E-state index contributed by atoms with van der Waals surface area (Å²) in [6, 6.07) is 13.4. The molecule has 0 radical (unpaired) electrons. The van der Waals surface area contributed by atoms with Gasteiger partial charge in [-0.3, -0.25) is 14.5 Å². The molecule has 2 amide bonds. The molecule has 0 aromatic heterocycles. The van der Waals surface area contributed by atoms with Gasteiger partial charge in [0.1, 0.15) is 16.7 Å². The van der Waals surface area contributed by atoms with E-state index in [0.717, 1.165) is 17.3 Å². The molecule has 5 nitrogen and oxygen atoms in total. The number of nitriles is 1. The van der Waals surface area contributed by atoms with E-state index in [1.54, 1.807) is 48.5 Å². The van der Waals surface area contributed by atoms with E-state index < -0.39 is 11.2 Å². The number of amides is 2. The molecule has 1 aliphatic heterocycles. The monoisotopic (exact) mass is 451 g/mol. The van der Waals surface area contributed by atoms with E-state index >= 15 is 0 Å². The number of hydrogen-bond donors (Lipinski definition) is 1. The van der Waals surface area contributed by atoms with Crippen LogP contribution in [0.4, 0.5) is 5.69 Å². The first-order chi connectivity index (χ1) is 13.3. The number of rotatable bonds is 4. The fourth-order valence-electron chi connectivity index (χ4n) is 2.71. The van der Waals surface area contributed by atoms with Crippen molar-refractivity contribution < 1.29 is 9.59 Å². The lowest BCUT2D eigenvalue weighted by Crippen LogP contribution is -2.31. The Kier molecular flexibility index (Phi) is 6.21. The molecule has 3 rings (SSSR count). The van der Waals surface area contributed by atoms with Crippen molar-refractivity contribution >= 4 is 64.1 Å². The number of hydrogen-bond acceptors (Lipinski definition) is 4. The second-order valence-electron chi connectivity index (χ2n) is 5.87. The smallest absolute Gasteiger partial charge is 0.262 e. The number of halogens is 3. The van der Waals surface area contributed by atoms with E-state index in [1.165, 1.54) is 4.90 Å². The zero-order valence-electron chi connectivity index (χ0n) is 14.2. The first kappa shape index (κ1) is 20.6. The van der Waals surface area contributed by atoms with Crippen LogP contribution in [-0.2, 0) is 16.0 Å². The highest BCUT2D eigenvalue weighted by atomic mass is 35.5. The molecule has 0 aliphatic carbocycles. The summed E-state index contributed by atoms with van der Waals surface area (Å²) in [7, 11) is 0. The topological polar surface area (TPSA) is 87.2 Å². The normalized spacial score (nSPS) is 18.1. The van der Waals surface area contributed by atoms with E-state index in [9.17, 15) is 14.9 Å². The maximum Gasteiger partial charge on any atom is 0.262 e. The molecular formula is C19H12Cl3N3O2S. The maximum atomic E-state index is 13.1. The Labute approximate surface area is 180 Å². The van der Waals surface area contributed by atoms with Crippen LogP contribution in [0.25, 0.3) is 0 Å². The van der Waals surface area contributed by atoms with Crippen molar-refractivity contribution in [2.45, 2.75) is 11.7 Å². The molecule has 2 aromatic rings. The number of benzene rings is 2. The number of carbonyl (C=O) groups excluding carboxylic acids is 2. The van der Waals surface area contributed by atoms with Crippen molar-refractivity contribution in [3.05, 3.63) is 73.7 Å². The summed E-state index contributed by atoms with van der Waals surface area (Å²) in [6.07, 6.45) is 0.339. The highest BCUT2D eigenvalue weighted by Gasteiger charge is 2.40. The number of carbonyl (C=O) groups is 2. The molecular weight excluding hydrogens is 441 g/mol. The van der Waals surface area contributed by atoms with E-state index in [2.05, 4.69) is 0 Å². The Hall–Kier alpha value is -2.17. The molecule has 1 heterocycles. The fraction of sp³-hybridized carbons (Fsp3) is 0.105. The van der Waals surface area contributed by atoms with Crippen molar-refractivity contribution in [1.29, 1.82) is 5.26 Å². The van der Waals surface area contributed by atoms with Crippen LogP contribution in [-0.4, -0.2) is 17.1 Å². The molecule has 0 saturated carbocycles. The fourth-order valence-corrected chi connectivity index (χ4v) is 4.47. The van der Waals surface area contributed by atoms with Gasteiger partial charge in [0.25, 0.3) is 5.91 Å². The van der Waals surface area contributed by atoms with Crippen molar-refractivity contribution in [1.82, 2.24) is 0 Å². The van der Waals surface area contributed by atoms with Gasteiger partial charge in [0.15, 0.2) is 0 Å². The molecule has 2 aromatic carbocycles. The molecule has 2 N–H and O–H groups in total. The third-order valence-corrected chi connectivity index (χ3v) is 6.27. The Morgan fingerprint density at radius 1 is 1.14 bits per heavy atom. The summed E-state index contributed by atoms with van der Waals surface area (Å²) in [5.41, 5.74) is 6.36. The minimum Gasteiger partial charge on any atom is -0.365 e. The quantitative estimate of drug-likeness (QED) is 0.544. The summed E-state index contributed by atoms with van der Waals surface area (Å²) in [5, 5.41) is 10.3. The second-order valence-corrected chi connectivity index (χ2v) is 8.31. The van der Waals surface area contributed by atoms with Crippen molar-refractivity contribution in [2.24, 2.45) is 5.73 Å². The standard InChI is InChI=1S/C19H12Cl3N3O2S/c20-11-2-4-12(5-3-11)25-18(27)16(28-19(25)13(9-23)17(24)26)8-10-1-6-14(21)15(22)7-10/h1-7,16H,8H2,(H2,24,26)/b19-13-/t16-/m1/s1. The predicted molar refractivity (Wildman–Crippen MR) is 112 cm³/mol. The number of primary amides is 1. The molecule has 1 aliphatic rings. The molecule has 1 fully saturated rings. The van der Waals surface area contributed by atoms with E-state index in [4.69, 9.17) is 40.5 Å². The molecule has 9 heteroatoms. The van der Waals surface area contributed by atoms with Crippen molar-refractivity contribution in [2.75, 3.05) is 4.90 Å². The van der Waals surface area contributed by atoms with Gasteiger partial charge >= 0.3 is 0 Å². The molecule has 1 saturated heterocycles. The predicted octanol–water partition coefficient (Wildman–Crippen LogP) is 4.56. The minimum absolute atomic E-state index is 0.201. The molecule has 142 valence electrons. The second kappa shape index (κ2) is 8.46. The summed E-state index contributed by atoms with van der Waals surface area (Å²) >= 11 is 19.0. The van der Waals surface area contributed by atoms with Crippen LogP contribution in [0.3, 0.4) is 0 Å². The molecule has 0 unspecified atom stereocenters. The van der Waals surface area contributed by atoms with Gasteiger partial charge in [-0.2, -0.15) is 5.26 Å². The van der Waals surface area contributed by atoms with Gasteiger partial charge in [-0.25, -0.2) is 0 Å². The van der Waals surface area contributed by atoms with E-state index in [-0.39, 0.29) is 16.5 Å². The zero-order valence-corrected chi connectivity index (χ0v) is 17.2. The van der Waals surface area contributed by atoms with Crippen LogP contribution in [0.5, 0.6) is 0 Å². The van der Waals surface area contributed by atoms with Crippen molar-refractivity contribution in [3.63, 3.8) is 0 Å². The third-order valence-electron chi connectivity index (χ3n) is 4.01. The van der Waals surface area contributed by atoms with Crippen LogP contribution in [0.1, 0.15) is 5.56 Å². The molecule has 1 atom stereocenters. The molecule has 0 bridgehead atoms. The first-order valence-corrected chi connectivity index (χ1v) is 9.97. The Balaban J connectivity index is 2.02. The number of nitrogens with two attached hydrogens (primary N) is 1. The highest BCUT2D eigenvalue weighted by molar-refractivity contribution is 8.05. The lowest BCUT2D eigenvalue weighted by atomic mass is 10.1. The largest absolute Gasteiger partial charge is 0.365 e. The average molecular weight is 453 g/mol. The first-order valence-electron chi connectivity index (χ1n) is 7.96. The van der Waals surface area contributed by atoms with Crippen LogP contribution in [0.15, 0.2) is 53.1 Å². The number of nitrogens with zero attached hydrogens (tertiary/aromatic N) is 2. The van der Waals surface area contributed by atoms with Gasteiger partial charge in [0.05, 0.1) is 15.3 Å². The SMILES string of the molecule is N#C/C(C(N)=O)=C1/S[C@H](Cc2ccc(Cl)c(Cl)c2)C(=O)N1c1ccc(Cl)cc1. The Morgan fingerprint density at radius 2 is 1.82 bits per heavy atom. The van der Waals surface area contributed by atoms with Gasteiger partial charge < -0.3 is 5.73 Å². The number of anilines is 1. The number of thioether (sulfide) groups is 1. The third kappa shape index (κ3) is 4.13. The lowest BCUT2D eigenvalue weighted by Gasteiger charge is -2.18. The Morgan fingerprint density at radius 3 is 2.39 bits per heavy atom. The van der Waals surface area contributed by atoms with Crippen molar-refractivity contribution in [3.8, 4) is 6.07 Å². The van der Waals surface area contributed by atoms with Crippen LogP contribution < -0.4 is 10.6 Å². The summed E-state index contributed by atoms with van der Waals surface area (Å²) in [5.74, 6) is -1.17. The summed E-state index contributed by atoms with van der Waals surface area (Å²) in [4.78, 5) is 26.2. The molecule has 0 spiro atoms. The Bertz CT molecular complexity index is 1030. The van der Waals surface area contributed by atoms with Crippen LogP contribution >= 0.6 is 46.6 Å². The molecule has 28 heavy (non-hydrogen) atoms. The average Bonchev–Trinajstić information content (AvgIpc) is 2.95. The van der Waals surface area contributed by atoms with Gasteiger partial charge in [-0.05, 0) is 48.4 Å². The van der Waals surface area contributed by atoms with Gasteiger partial charge in [-0.1, -0.05) is 52.6 Å². The van der Waals surface area contributed by atoms with Gasteiger partial charge in [0, 0.05) is 10.7 Å². The summed E-state index contributed by atoms with van der Waals surface area (Å²) < 4.78 is 0. The lowest BCUT2D eigenvalue weighted by molar-refractivity contribution is -0.117. The van der Waals surface area contributed by atoms with Crippen LogP contribution in [0.2, 0.25) is 15.1 Å². The zero-order chi connectivity index (χ0) is 20.4. The van der Waals surface area contributed by atoms with E-state index in [0.29, 0.717) is 27.2 Å². The van der Waals surface area contributed by atoms with E-state index in [1.807, 2.05) is 0 Å². The highest BCUT2D eigenvalue weighted by Crippen LogP contribution is 2.42. The van der Waals surface area contributed by atoms with Gasteiger partial charge in [0.2, 0.25) is 5.91 Å². The van der Waals surface area contributed by atoms with Gasteiger partial charge in [-0.15, -0.1) is 0 Å². The van der Waals surface area contributed by atoms with Crippen LogP contribution in [0, 0.1) is 11.3 Å². The minimum atomic E-state index is -0.896. The maximum absolute atomic E-state index is 13.1. The summed E-state index contributed by atoms with van der Waals surface area (Å²) in [6.45, 7) is 0.